The Labute approximate surface area is 149 Å². The predicted molar refractivity (Wildman–Crippen MR) is 97.3 cm³/mol. The standard InChI is InChI=1S/C19H28FN3O2/c1-19(2,3)21-18(25)23-12-11-22(14-17(23)6-4-5-13-24)16-9-7-15(20)8-10-16/h7-10,13,17H,4-6,11-12,14H2,1-3H3,(H,21,25). The van der Waals surface area contributed by atoms with Crippen LogP contribution in [0.15, 0.2) is 24.3 Å². The molecule has 1 unspecified atom stereocenters. The molecule has 0 aliphatic carbocycles. The summed E-state index contributed by atoms with van der Waals surface area (Å²) in [5.74, 6) is -0.255. The van der Waals surface area contributed by atoms with Crippen molar-refractivity contribution in [1.29, 1.82) is 0 Å². The van der Waals surface area contributed by atoms with E-state index in [9.17, 15) is 14.0 Å². The normalized spacial score (nSPS) is 18.2. The molecule has 6 heteroatoms. The van der Waals surface area contributed by atoms with E-state index in [2.05, 4.69) is 10.2 Å². The zero-order valence-corrected chi connectivity index (χ0v) is 15.3. The number of halogens is 1. The summed E-state index contributed by atoms with van der Waals surface area (Å²) in [6.07, 6.45) is 2.95. The van der Waals surface area contributed by atoms with Crippen molar-refractivity contribution in [3.63, 3.8) is 0 Å². The molecule has 1 aliphatic rings. The second-order valence-corrected chi connectivity index (χ2v) is 7.55. The van der Waals surface area contributed by atoms with Crippen molar-refractivity contribution < 1.29 is 14.0 Å². The van der Waals surface area contributed by atoms with E-state index in [1.807, 2.05) is 25.7 Å². The van der Waals surface area contributed by atoms with Gasteiger partial charge >= 0.3 is 6.03 Å². The zero-order chi connectivity index (χ0) is 18.4. The minimum Gasteiger partial charge on any atom is -0.368 e. The van der Waals surface area contributed by atoms with Crippen LogP contribution in [0, 0.1) is 5.82 Å². The number of hydrogen-bond acceptors (Lipinski definition) is 3. The zero-order valence-electron chi connectivity index (χ0n) is 15.3. The molecule has 0 spiro atoms. The SMILES string of the molecule is CC(C)(C)NC(=O)N1CCN(c2ccc(F)cc2)CC1CCCC=O. The Morgan fingerprint density at radius 2 is 1.96 bits per heavy atom. The summed E-state index contributed by atoms with van der Waals surface area (Å²) < 4.78 is 13.1. The van der Waals surface area contributed by atoms with E-state index in [-0.39, 0.29) is 23.4 Å². The van der Waals surface area contributed by atoms with Gasteiger partial charge in [-0.1, -0.05) is 0 Å². The van der Waals surface area contributed by atoms with Crippen LogP contribution < -0.4 is 10.2 Å². The van der Waals surface area contributed by atoms with Crippen LogP contribution >= 0.6 is 0 Å². The van der Waals surface area contributed by atoms with Gasteiger partial charge in [0.05, 0.1) is 6.04 Å². The number of hydrogen-bond donors (Lipinski definition) is 1. The van der Waals surface area contributed by atoms with E-state index in [1.165, 1.54) is 12.1 Å². The third-order valence-electron chi connectivity index (χ3n) is 4.28. The lowest BCUT2D eigenvalue weighted by Gasteiger charge is -2.43. The van der Waals surface area contributed by atoms with Gasteiger partial charge in [-0.25, -0.2) is 9.18 Å². The number of rotatable bonds is 5. The van der Waals surface area contributed by atoms with Crippen molar-refractivity contribution in [1.82, 2.24) is 10.2 Å². The highest BCUT2D eigenvalue weighted by Gasteiger charge is 2.31. The molecule has 1 aromatic carbocycles. The van der Waals surface area contributed by atoms with Crippen molar-refractivity contribution in [3.8, 4) is 0 Å². The maximum absolute atomic E-state index is 13.1. The number of carbonyl (C=O) groups excluding carboxylic acids is 2. The van der Waals surface area contributed by atoms with Crippen LogP contribution in [0.5, 0.6) is 0 Å². The molecule has 1 heterocycles. The summed E-state index contributed by atoms with van der Waals surface area (Å²) in [7, 11) is 0. The molecule has 1 fully saturated rings. The Morgan fingerprint density at radius 1 is 1.28 bits per heavy atom. The summed E-state index contributed by atoms with van der Waals surface area (Å²) >= 11 is 0. The van der Waals surface area contributed by atoms with Crippen LogP contribution in [0.25, 0.3) is 0 Å². The number of urea groups is 1. The van der Waals surface area contributed by atoms with Gasteiger partial charge in [0.25, 0.3) is 0 Å². The van der Waals surface area contributed by atoms with Gasteiger partial charge in [0.1, 0.15) is 12.1 Å². The molecule has 0 radical (unpaired) electrons. The maximum atomic E-state index is 13.1. The largest absolute Gasteiger partial charge is 0.368 e. The first-order valence-corrected chi connectivity index (χ1v) is 8.83. The lowest BCUT2D eigenvalue weighted by Crippen LogP contribution is -2.59. The Morgan fingerprint density at radius 3 is 2.56 bits per heavy atom. The Bertz CT molecular complexity index is 583. The molecule has 0 saturated carbocycles. The maximum Gasteiger partial charge on any atom is 0.318 e. The van der Waals surface area contributed by atoms with Crippen LogP contribution in [-0.2, 0) is 4.79 Å². The van der Waals surface area contributed by atoms with E-state index >= 15 is 0 Å². The molecule has 2 rings (SSSR count). The fraction of sp³-hybridized carbons (Fsp3) is 0.579. The number of unbranched alkanes of at least 4 members (excludes halogenated alkanes) is 1. The molecule has 1 atom stereocenters. The van der Waals surface area contributed by atoms with Gasteiger partial charge in [0.15, 0.2) is 0 Å². The smallest absolute Gasteiger partial charge is 0.318 e. The summed E-state index contributed by atoms with van der Waals surface area (Å²) in [5.41, 5.74) is 0.663. The molecule has 1 N–H and O–H groups in total. The van der Waals surface area contributed by atoms with Crippen molar-refractivity contribution in [3.05, 3.63) is 30.1 Å². The fourth-order valence-corrected chi connectivity index (χ4v) is 3.09. The lowest BCUT2D eigenvalue weighted by atomic mass is 10.0. The highest BCUT2D eigenvalue weighted by atomic mass is 19.1. The number of anilines is 1. The van der Waals surface area contributed by atoms with Crippen molar-refractivity contribution in [2.24, 2.45) is 0 Å². The Balaban J connectivity index is 2.09. The minimum atomic E-state index is -0.293. The lowest BCUT2D eigenvalue weighted by molar-refractivity contribution is -0.108. The molecule has 25 heavy (non-hydrogen) atoms. The molecule has 138 valence electrons. The van der Waals surface area contributed by atoms with E-state index in [0.29, 0.717) is 26.1 Å². The van der Waals surface area contributed by atoms with Crippen molar-refractivity contribution >= 4 is 18.0 Å². The summed E-state index contributed by atoms with van der Waals surface area (Å²) in [5, 5.41) is 3.02. The molecular weight excluding hydrogens is 321 g/mol. The van der Waals surface area contributed by atoms with Gasteiger partial charge in [-0.3, -0.25) is 0 Å². The third kappa shape index (κ3) is 5.73. The molecule has 1 aliphatic heterocycles. The van der Waals surface area contributed by atoms with Crippen LogP contribution in [0.2, 0.25) is 0 Å². The van der Waals surface area contributed by atoms with Gasteiger partial charge in [-0.2, -0.15) is 0 Å². The van der Waals surface area contributed by atoms with Crippen molar-refractivity contribution in [2.75, 3.05) is 24.5 Å². The topological polar surface area (TPSA) is 52.7 Å². The monoisotopic (exact) mass is 349 g/mol. The average molecular weight is 349 g/mol. The van der Waals surface area contributed by atoms with Crippen LogP contribution in [0.4, 0.5) is 14.9 Å². The van der Waals surface area contributed by atoms with Gasteiger partial charge in [-0.15, -0.1) is 0 Å². The third-order valence-corrected chi connectivity index (χ3v) is 4.28. The van der Waals surface area contributed by atoms with E-state index in [1.54, 1.807) is 12.1 Å². The first kappa shape index (κ1) is 19.2. The highest BCUT2D eigenvalue weighted by molar-refractivity contribution is 5.75. The molecule has 0 aromatic heterocycles. The number of nitrogens with one attached hydrogen (secondary N) is 1. The number of nitrogens with zero attached hydrogens (tertiary/aromatic N) is 2. The van der Waals surface area contributed by atoms with Crippen LogP contribution in [0.3, 0.4) is 0 Å². The van der Waals surface area contributed by atoms with E-state index in [0.717, 1.165) is 24.8 Å². The highest BCUT2D eigenvalue weighted by Crippen LogP contribution is 2.22. The fourth-order valence-electron chi connectivity index (χ4n) is 3.09. The number of aldehydes is 1. The molecule has 2 amide bonds. The molecular formula is C19H28FN3O2. The van der Waals surface area contributed by atoms with Gasteiger partial charge in [0, 0.05) is 37.3 Å². The predicted octanol–water partition coefficient (Wildman–Crippen LogP) is 3.19. The quantitative estimate of drug-likeness (QED) is 0.656. The first-order valence-electron chi connectivity index (χ1n) is 8.83. The second kappa shape index (κ2) is 8.32. The summed E-state index contributed by atoms with van der Waals surface area (Å²) in [4.78, 5) is 27.3. The van der Waals surface area contributed by atoms with Gasteiger partial charge in [-0.05, 0) is 57.9 Å². The molecule has 1 saturated heterocycles. The van der Waals surface area contributed by atoms with E-state index in [4.69, 9.17) is 0 Å². The van der Waals surface area contributed by atoms with Crippen LogP contribution in [0.1, 0.15) is 40.0 Å². The minimum absolute atomic E-state index is 0.0288. The summed E-state index contributed by atoms with van der Waals surface area (Å²) in [6, 6.07) is 6.40. The number of piperazine rings is 1. The van der Waals surface area contributed by atoms with Crippen molar-refractivity contribution in [2.45, 2.75) is 51.6 Å². The van der Waals surface area contributed by atoms with Gasteiger partial charge < -0.3 is 19.9 Å². The Kier molecular flexibility index (Phi) is 6.39. The Hall–Kier alpha value is -2.11. The number of benzene rings is 1. The van der Waals surface area contributed by atoms with E-state index < -0.39 is 0 Å². The van der Waals surface area contributed by atoms with Gasteiger partial charge in [0.2, 0.25) is 0 Å². The second-order valence-electron chi connectivity index (χ2n) is 7.55. The molecule has 1 aromatic rings. The first-order chi connectivity index (χ1) is 11.8. The summed E-state index contributed by atoms with van der Waals surface area (Å²) in [6.45, 7) is 7.86. The number of carbonyl (C=O) groups is 2. The molecule has 0 bridgehead atoms. The number of amides is 2. The van der Waals surface area contributed by atoms with Crippen LogP contribution in [-0.4, -0.2) is 48.4 Å². The molecule has 5 nitrogen and oxygen atoms in total. The average Bonchev–Trinajstić information content (AvgIpc) is 2.54.